The fourth-order valence-corrected chi connectivity index (χ4v) is 10.8. The van der Waals surface area contributed by atoms with Crippen LogP contribution in [-0.4, -0.2) is 107 Å². The fourth-order valence-electron chi connectivity index (χ4n) is 8.49. The van der Waals surface area contributed by atoms with Crippen molar-refractivity contribution in [3.8, 4) is 0 Å². The molecule has 1 aromatic heterocycles. The summed E-state index contributed by atoms with van der Waals surface area (Å²) in [5.74, 6) is -2.37. The third-order valence-corrected chi connectivity index (χ3v) is 14.3. The number of hydrogen-bond donors (Lipinski definition) is 5. The van der Waals surface area contributed by atoms with Gasteiger partial charge in [-0.2, -0.15) is 0 Å². The van der Waals surface area contributed by atoms with Crippen molar-refractivity contribution in [3.63, 3.8) is 0 Å². The van der Waals surface area contributed by atoms with Crippen molar-refractivity contribution in [2.24, 2.45) is 5.92 Å². The van der Waals surface area contributed by atoms with E-state index in [2.05, 4.69) is 15.3 Å². The molecule has 2 aliphatic heterocycles. The van der Waals surface area contributed by atoms with Gasteiger partial charge in [0, 0.05) is 12.4 Å². The highest BCUT2D eigenvalue weighted by Crippen LogP contribution is 2.61. The second kappa shape index (κ2) is 15.9. The molecule has 3 heterocycles. The number of amides is 1. The maximum atomic E-state index is 14.5. The summed E-state index contributed by atoms with van der Waals surface area (Å²) in [6.45, 7) is 9.98. The van der Waals surface area contributed by atoms with Crippen LogP contribution in [-0.2, 0) is 39.2 Å². The first-order valence-corrected chi connectivity index (χ1v) is 20.6. The van der Waals surface area contributed by atoms with E-state index in [0.717, 1.165) is 5.56 Å². The number of fused-ring (bicyclic) bond motifs is 1. The summed E-state index contributed by atoms with van der Waals surface area (Å²) >= 11 is 0. The van der Waals surface area contributed by atoms with Crippen molar-refractivity contribution in [2.45, 2.75) is 95.6 Å². The van der Waals surface area contributed by atoms with Crippen LogP contribution >= 0.6 is 15.2 Å². The first-order chi connectivity index (χ1) is 24.1. The van der Waals surface area contributed by atoms with Gasteiger partial charge in [0.05, 0.1) is 49.5 Å². The highest BCUT2D eigenvalue weighted by atomic mass is 31.2. The van der Waals surface area contributed by atoms with Gasteiger partial charge in [-0.15, -0.1) is 0 Å². The standard InChI is InChI=1S/C33H51BN4O12P2/c1-23(2)16-25(18-28(39)26(17-24-10-8-7-9-11-24)37-31(41)27-20-35-12-13-36-27)34-38(32(3,4)21-49-34,33(5,6)22-50-34)14-15-48-29(40)19-30(51(42,43)44)52(45,46)47/h7-13,20,23,25-26,30H,14-19,21-22H2,1-6H3,(H,37,41)(H2,42,43,44)(H2,45,46,47)/t25-,26+,34?,38?/m1/s1. The lowest BCUT2D eigenvalue weighted by Crippen LogP contribution is -2.78. The van der Waals surface area contributed by atoms with E-state index in [9.17, 15) is 43.1 Å². The van der Waals surface area contributed by atoms with E-state index in [0.29, 0.717) is 6.42 Å². The van der Waals surface area contributed by atoms with Crippen molar-refractivity contribution in [1.29, 1.82) is 0 Å². The highest BCUT2D eigenvalue weighted by molar-refractivity contribution is 7.70. The molecule has 0 aliphatic carbocycles. The van der Waals surface area contributed by atoms with Gasteiger partial charge in [0.25, 0.3) is 5.91 Å². The number of nitrogens with zero attached hydrogens (tertiary/aromatic N) is 3. The van der Waals surface area contributed by atoms with Crippen LogP contribution in [0.1, 0.15) is 76.9 Å². The Bertz CT molecular complexity index is 1640. The molecule has 288 valence electrons. The van der Waals surface area contributed by atoms with Crippen LogP contribution in [0, 0.1) is 5.92 Å². The number of quaternary nitrogens is 1. The zero-order chi connectivity index (χ0) is 38.8. The largest absolute Gasteiger partial charge is 0.509 e. The number of carbonyl (C=O) groups is 3. The van der Waals surface area contributed by atoms with Gasteiger partial charge in [0.1, 0.15) is 12.3 Å². The number of aromatic nitrogens is 2. The first kappa shape index (κ1) is 41.9. The number of ether oxygens (including phenoxy) is 1. The number of esters is 1. The molecule has 1 amide bonds. The molecule has 2 aliphatic rings. The Morgan fingerprint density at radius 3 is 2.08 bits per heavy atom. The Labute approximate surface area is 304 Å². The molecule has 5 N–H and O–H groups in total. The van der Waals surface area contributed by atoms with Gasteiger partial charge in [-0.05, 0) is 57.8 Å². The molecule has 52 heavy (non-hydrogen) atoms. The van der Waals surface area contributed by atoms with Crippen LogP contribution < -0.4 is 5.32 Å². The average molecular weight is 769 g/mol. The predicted molar refractivity (Wildman–Crippen MR) is 191 cm³/mol. The second-order valence-electron chi connectivity index (χ2n) is 15.5. The summed E-state index contributed by atoms with van der Waals surface area (Å²) in [5.41, 5.74) is -0.383. The molecule has 19 heteroatoms. The highest BCUT2D eigenvalue weighted by Gasteiger charge is 2.74. The number of nitrogens with one attached hydrogen (secondary N) is 1. The SMILES string of the molecule is CC(C)C[C@H](CC(=O)[C@H](Cc1ccccc1)NC(=O)c1cnccn1)[B-]12OCC(C)(C)[N+]1(CCOC(=O)CC(P(=O)(O)O)P(=O)(O)O)C(C)(C)CO2. The molecule has 16 nitrogen and oxygen atoms in total. The molecule has 0 radical (unpaired) electrons. The summed E-state index contributed by atoms with van der Waals surface area (Å²) in [4.78, 5) is 86.6. The van der Waals surface area contributed by atoms with Gasteiger partial charge in [-0.25, -0.2) is 4.98 Å². The summed E-state index contributed by atoms with van der Waals surface area (Å²) in [7, 11) is -10.7. The topological polar surface area (TPSA) is 232 Å². The summed E-state index contributed by atoms with van der Waals surface area (Å²) < 4.78 is 42.7. The lowest BCUT2D eigenvalue weighted by Gasteiger charge is -2.63. The van der Waals surface area contributed by atoms with E-state index < -0.39 is 68.5 Å². The van der Waals surface area contributed by atoms with Crippen LogP contribution in [0.5, 0.6) is 0 Å². The van der Waals surface area contributed by atoms with Crippen LogP contribution in [0.2, 0.25) is 5.82 Å². The Morgan fingerprint density at radius 2 is 1.56 bits per heavy atom. The molecule has 2 aromatic rings. The van der Waals surface area contributed by atoms with Crippen LogP contribution in [0.3, 0.4) is 0 Å². The molecule has 4 rings (SSSR count). The van der Waals surface area contributed by atoms with E-state index in [1.54, 1.807) is 0 Å². The normalized spacial score (nSPS) is 23.6. The molecule has 2 atom stereocenters. The molecule has 0 spiro atoms. The van der Waals surface area contributed by atoms with Crippen LogP contribution in [0.4, 0.5) is 0 Å². The minimum atomic E-state index is -5.34. The predicted octanol–water partition coefficient (Wildman–Crippen LogP) is 3.18. The minimum absolute atomic E-state index is 0.0192. The van der Waals surface area contributed by atoms with Crippen molar-refractivity contribution >= 4 is 39.5 Å². The van der Waals surface area contributed by atoms with E-state index in [1.165, 1.54) is 18.6 Å². The second-order valence-corrected chi connectivity index (χ2v) is 19.5. The quantitative estimate of drug-likeness (QED) is 0.0885. The molecule has 0 bridgehead atoms. The van der Waals surface area contributed by atoms with Gasteiger partial charge < -0.3 is 43.3 Å². The molecule has 2 saturated heterocycles. The van der Waals surface area contributed by atoms with E-state index in [1.807, 2.05) is 71.9 Å². The zero-order valence-corrected chi connectivity index (χ0v) is 32.2. The summed E-state index contributed by atoms with van der Waals surface area (Å²) in [6, 6.07) is 8.39. The Kier molecular flexibility index (Phi) is 12.8. The van der Waals surface area contributed by atoms with Gasteiger partial charge in [-0.3, -0.25) is 28.5 Å². The third kappa shape index (κ3) is 8.75. The Morgan fingerprint density at radius 1 is 0.962 bits per heavy atom. The molecule has 0 unspecified atom stereocenters. The van der Waals surface area contributed by atoms with Crippen molar-refractivity contribution in [1.82, 2.24) is 15.3 Å². The molecular formula is C33H51BN4O12P2. The smallest absolute Gasteiger partial charge is 0.477 e. The zero-order valence-electron chi connectivity index (χ0n) is 30.5. The molecule has 1 aromatic carbocycles. The average Bonchev–Trinajstić information content (AvgIpc) is 3.44. The minimum Gasteiger partial charge on any atom is -0.509 e. The number of hydrogen-bond acceptors (Lipinski definition) is 10. The number of benzene rings is 1. The van der Waals surface area contributed by atoms with Crippen LogP contribution in [0.25, 0.3) is 0 Å². The van der Waals surface area contributed by atoms with Crippen LogP contribution in [0.15, 0.2) is 48.9 Å². The lowest BCUT2D eigenvalue weighted by atomic mass is 9.49. The molecule has 0 saturated carbocycles. The third-order valence-electron chi connectivity index (χ3n) is 10.6. The Hall–Kier alpha value is -2.85. The van der Waals surface area contributed by atoms with Crippen molar-refractivity contribution in [3.05, 3.63) is 60.2 Å². The van der Waals surface area contributed by atoms with E-state index in [4.69, 9.17) is 14.0 Å². The van der Waals surface area contributed by atoms with Crippen molar-refractivity contribution in [2.75, 3.05) is 26.4 Å². The monoisotopic (exact) mass is 768 g/mol. The fraction of sp³-hybridized carbons (Fsp3) is 0.606. The van der Waals surface area contributed by atoms with Gasteiger partial charge in [-0.1, -0.05) is 50.6 Å². The first-order valence-electron chi connectivity index (χ1n) is 17.3. The number of carbonyl (C=O) groups excluding carboxylic acids is 3. The lowest BCUT2D eigenvalue weighted by molar-refractivity contribution is -0.916. The number of ketones is 1. The summed E-state index contributed by atoms with van der Waals surface area (Å²) in [6.07, 6.45) is 3.69. The number of Topliss-reactive ketones (excluding diaryl/α,β-unsaturated/α-hetero) is 1. The van der Waals surface area contributed by atoms with Gasteiger partial charge >= 0.3 is 27.8 Å². The maximum absolute atomic E-state index is 14.5. The maximum Gasteiger partial charge on any atom is 0.477 e. The summed E-state index contributed by atoms with van der Waals surface area (Å²) in [5, 5.41) is 0.347. The van der Waals surface area contributed by atoms with Gasteiger partial charge in [0.15, 0.2) is 11.2 Å². The van der Waals surface area contributed by atoms with Crippen molar-refractivity contribution < 1.29 is 61.5 Å². The van der Waals surface area contributed by atoms with Gasteiger partial charge in [0.2, 0.25) is 0 Å². The van der Waals surface area contributed by atoms with E-state index >= 15 is 0 Å². The molecule has 2 fully saturated rings. The number of rotatable bonds is 17. The molecular weight excluding hydrogens is 717 g/mol. The Balaban J connectivity index is 1.67. The van der Waals surface area contributed by atoms with E-state index in [-0.39, 0.29) is 61.0 Å².